The number of rotatable bonds is 0. The van der Waals surface area contributed by atoms with Crippen molar-refractivity contribution in [2.75, 3.05) is 0 Å². The predicted molar refractivity (Wildman–Crippen MR) is 100 cm³/mol. The van der Waals surface area contributed by atoms with Gasteiger partial charge in [-0.2, -0.15) is 10.5 Å². The second kappa shape index (κ2) is 5.17. The number of nitriles is 2. The van der Waals surface area contributed by atoms with E-state index in [1.807, 2.05) is 48.5 Å². The average Bonchev–Trinajstić information content (AvgIpc) is 3.14. The van der Waals surface area contributed by atoms with Gasteiger partial charge in [-0.25, -0.2) is 8.42 Å². The van der Waals surface area contributed by atoms with Crippen LogP contribution in [0.3, 0.4) is 0 Å². The van der Waals surface area contributed by atoms with Crippen molar-refractivity contribution in [2.24, 2.45) is 0 Å². The Bertz CT molecular complexity index is 1380. The van der Waals surface area contributed by atoms with Crippen LogP contribution < -0.4 is 0 Å². The van der Waals surface area contributed by atoms with Crippen LogP contribution in [0.25, 0.3) is 27.8 Å². The first kappa shape index (κ1) is 15.6. The number of hydrogen-bond acceptors (Lipinski definition) is 4. The van der Waals surface area contributed by atoms with Crippen molar-refractivity contribution in [1.82, 2.24) is 0 Å². The Morgan fingerprint density at radius 2 is 1.30 bits per heavy atom. The normalized spacial score (nSPS) is 14.4. The summed E-state index contributed by atoms with van der Waals surface area (Å²) in [5.41, 5.74) is 4.47. The molecule has 4 nitrogen and oxygen atoms in total. The molecule has 0 amide bonds. The highest BCUT2D eigenvalue weighted by Gasteiger charge is 2.40. The molecule has 5 rings (SSSR count). The number of fused-ring (bicyclic) bond motifs is 7. The Balaban J connectivity index is 2.00. The fraction of sp³-hybridized carbons (Fsp3) is 0. The molecule has 0 spiro atoms. The molecule has 126 valence electrons. The lowest BCUT2D eigenvalue weighted by Gasteiger charge is -2.08. The average molecular weight is 366 g/mol. The summed E-state index contributed by atoms with van der Waals surface area (Å²) in [5.74, 6) is 0. The third-order valence-corrected chi connectivity index (χ3v) is 7.00. The van der Waals surface area contributed by atoms with Gasteiger partial charge in [-0.3, -0.25) is 0 Å². The molecule has 0 saturated carbocycles. The molecule has 0 bridgehead atoms. The molecule has 3 aromatic rings. The van der Waals surface area contributed by atoms with Crippen LogP contribution in [0.2, 0.25) is 0 Å². The monoisotopic (exact) mass is 366 g/mol. The fourth-order valence-electron chi connectivity index (χ4n) is 4.05. The molecular formula is C22H10N2O2S. The van der Waals surface area contributed by atoms with E-state index in [1.165, 1.54) is 0 Å². The Labute approximate surface area is 156 Å². The third-order valence-electron chi connectivity index (χ3n) is 5.10. The predicted octanol–water partition coefficient (Wildman–Crippen LogP) is 4.33. The first-order valence-electron chi connectivity index (χ1n) is 8.25. The molecule has 0 fully saturated rings. The van der Waals surface area contributed by atoms with E-state index in [9.17, 15) is 18.9 Å². The zero-order valence-electron chi connectivity index (χ0n) is 13.9. The standard InChI is InChI=1S/C22H10N2O2S/c23-11-13(12-24)20-15-6-1-2-7-16(15)21-18(20)10-9-17-14-5-3-4-8-19(14)27(25,26)22(17)21/h1-10H. The van der Waals surface area contributed by atoms with Gasteiger partial charge in [0.05, 0.1) is 9.79 Å². The van der Waals surface area contributed by atoms with Crippen LogP contribution >= 0.6 is 0 Å². The summed E-state index contributed by atoms with van der Waals surface area (Å²) < 4.78 is 26.6. The Hall–Kier alpha value is -3.67. The molecule has 0 unspecified atom stereocenters. The number of sulfone groups is 1. The molecular weight excluding hydrogens is 356 g/mol. The van der Waals surface area contributed by atoms with Crippen molar-refractivity contribution in [3.63, 3.8) is 0 Å². The maximum absolute atomic E-state index is 13.3. The summed E-state index contributed by atoms with van der Waals surface area (Å²) in [7, 11) is -3.68. The Morgan fingerprint density at radius 3 is 2.00 bits per heavy atom. The lowest BCUT2D eigenvalue weighted by atomic mass is 9.96. The Morgan fingerprint density at radius 1 is 0.704 bits per heavy atom. The van der Waals surface area contributed by atoms with Gasteiger partial charge >= 0.3 is 0 Å². The zero-order chi connectivity index (χ0) is 18.8. The molecule has 0 radical (unpaired) electrons. The van der Waals surface area contributed by atoms with Gasteiger partial charge in [0.2, 0.25) is 9.84 Å². The smallest absolute Gasteiger partial charge is 0.208 e. The number of benzene rings is 3. The summed E-state index contributed by atoms with van der Waals surface area (Å²) >= 11 is 0. The lowest BCUT2D eigenvalue weighted by molar-refractivity contribution is 0.599. The highest BCUT2D eigenvalue weighted by molar-refractivity contribution is 7.92. The molecule has 27 heavy (non-hydrogen) atoms. The largest absolute Gasteiger partial charge is 0.218 e. The molecule has 1 heterocycles. The molecule has 0 saturated heterocycles. The minimum absolute atomic E-state index is 0.0194. The zero-order valence-corrected chi connectivity index (χ0v) is 14.7. The molecule has 1 aliphatic heterocycles. The molecule has 0 aromatic heterocycles. The van der Waals surface area contributed by atoms with E-state index in [2.05, 4.69) is 0 Å². The quantitative estimate of drug-likeness (QED) is 0.382. The number of hydrogen-bond donors (Lipinski definition) is 0. The van der Waals surface area contributed by atoms with Gasteiger partial charge < -0.3 is 0 Å². The van der Waals surface area contributed by atoms with Crippen molar-refractivity contribution >= 4 is 15.4 Å². The van der Waals surface area contributed by atoms with Crippen molar-refractivity contribution in [2.45, 2.75) is 9.79 Å². The van der Waals surface area contributed by atoms with E-state index in [1.54, 1.807) is 24.3 Å². The molecule has 5 heteroatoms. The van der Waals surface area contributed by atoms with Crippen LogP contribution in [-0.2, 0) is 9.84 Å². The highest BCUT2D eigenvalue weighted by Crippen LogP contribution is 2.54. The Kier molecular flexibility index (Phi) is 2.98. The maximum Gasteiger partial charge on any atom is 0.208 e. The van der Waals surface area contributed by atoms with E-state index in [4.69, 9.17) is 0 Å². The van der Waals surface area contributed by atoms with Crippen LogP contribution in [-0.4, -0.2) is 8.42 Å². The summed E-state index contributed by atoms with van der Waals surface area (Å²) in [4.78, 5) is 0.558. The minimum atomic E-state index is -3.68. The molecule has 0 N–H and O–H groups in total. The van der Waals surface area contributed by atoms with E-state index in [0.29, 0.717) is 38.3 Å². The first-order chi connectivity index (χ1) is 13.1. The van der Waals surface area contributed by atoms with Crippen LogP contribution in [0.15, 0.2) is 76.0 Å². The van der Waals surface area contributed by atoms with Crippen molar-refractivity contribution in [3.8, 4) is 34.4 Å². The first-order valence-corrected chi connectivity index (χ1v) is 9.74. The van der Waals surface area contributed by atoms with Gasteiger partial charge in [-0.1, -0.05) is 54.6 Å². The molecule has 0 atom stereocenters. The summed E-state index contributed by atoms with van der Waals surface area (Å²) in [6, 6.07) is 21.8. The molecule has 1 aliphatic carbocycles. The van der Waals surface area contributed by atoms with Gasteiger partial charge in [-0.15, -0.1) is 0 Å². The second-order valence-electron chi connectivity index (χ2n) is 6.38. The summed E-state index contributed by atoms with van der Waals surface area (Å²) in [6.07, 6.45) is 0. The van der Waals surface area contributed by atoms with Crippen molar-refractivity contribution in [3.05, 3.63) is 77.4 Å². The van der Waals surface area contributed by atoms with Gasteiger partial charge in [0.25, 0.3) is 0 Å². The minimum Gasteiger partial charge on any atom is -0.218 e. The van der Waals surface area contributed by atoms with Crippen LogP contribution in [0.5, 0.6) is 0 Å². The molecule has 2 aliphatic rings. The van der Waals surface area contributed by atoms with Crippen LogP contribution in [0.4, 0.5) is 0 Å². The van der Waals surface area contributed by atoms with Gasteiger partial charge in [0, 0.05) is 22.3 Å². The van der Waals surface area contributed by atoms with Crippen molar-refractivity contribution < 1.29 is 8.42 Å². The van der Waals surface area contributed by atoms with E-state index in [-0.39, 0.29) is 10.5 Å². The summed E-state index contributed by atoms with van der Waals surface area (Å²) in [6.45, 7) is 0. The lowest BCUT2D eigenvalue weighted by Crippen LogP contribution is -1.99. The fourth-order valence-corrected chi connectivity index (χ4v) is 5.95. The van der Waals surface area contributed by atoms with Crippen LogP contribution in [0.1, 0.15) is 11.1 Å². The van der Waals surface area contributed by atoms with Gasteiger partial charge in [-0.05, 0) is 22.8 Å². The van der Waals surface area contributed by atoms with Gasteiger partial charge in [0.15, 0.2) is 0 Å². The van der Waals surface area contributed by atoms with Gasteiger partial charge in [0.1, 0.15) is 17.7 Å². The topological polar surface area (TPSA) is 81.7 Å². The number of allylic oxidation sites excluding steroid dienone is 1. The van der Waals surface area contributed by atoms with Crippen molar-refractivity contribution in [1.29, 1.82) is 10.5 Å². The maximum atomic E-state index is 13.3. The second-order valence-corrected chi connectivity index (χ2v) is 8.24. The summed E-state index contributed by atoms with van der Waals surface area (Å²) in [5, 5.41) is 18.9. The van der Waals surface area contributed by atoms with E-state index >= 15 is 0 Å². The van der Waals surface area contributed by atoms with Crippen LogP contribution in [0, 0.1) is 22.7 Å². The van der Waals surface area contributed by atoms with E-state index < -0.39 is 9.84 Å². The molecule has 3 aromatic carbocycles. The SMILES string of the molecule is N#CC(C#N)=C1c2ccccc2-c2c1ccc1c2S(=O)(=O)c2ccccc2-1. The highest BCUT2D eigenvalue weighted by atomic mass is 32.2. The van der Waals surface area contributed by atoms with E-state index in [0.717, 1.165) is 5.56 Å². The third kappa shape index (κ3) is 1.81. The number of nitrogens with zero attached hydrogens (tertiary/aromatic N) is 2.